The van der Waals surface area contributed by atoms with Gasteiger partial charge < -0.3 is 15.2 Å². The lowest BCUT2D eigenvalue weighted by atomic mass is 9.94. The lowest BCUT2D eigenvalue weighted by molar-refractivity contribution is -0.0268. The normalized spacial score (nSPS) is 14.3. The number of halogens is 1. The molecular weight excluding hydrogens is 274 g/mol. The number of benzene rings is 1. The predicted octanol–water partition coefficient (Wildman–Crippen LogP) is 3.63. The van der Waals surface area contributed by atoms with Gasteiger partial charge in [0.25, 0.3) is 0 Å². The van der Waals surface area contributed by atoms with Gasteiger partial charge in [-0.2, -0.15) is 0 Å². The number of rotatable bonds is 8. The first-order chi connectivity index (χ1) is 9.38. The third kappa shape index (κ3) is 4.97. The summed E-state index contributed by atoms with van der Waals surface area (Å²) in [6.45, 7) is 9.73. The molecule has 0 aliphatic rings. The highest BCUT2D eigenvalue weighted by atomic mass is 35.5. The van der Waals surface area contributed by atoms with Crippen LogP contribution in [0.15, 0.2) is 18.2 Å². The van der Waals surface area contributed by atoms with Crippen LogP contribution in [0.2, 0.25) is 5.02 Å². The van der Waals surface area contributed by atoms with E-state index in [9.17, 15) is 5.11 Å². The van der Waals surface area contributed by atoms with E-state index in [-0.39, 0.29) is 12.5 Å². The summed E-state index contributed by atoms with van der Waals surface area (Å²) in [5.74, 6) is 0.866. The molecule has 2 N–H and O–H groups in total. The van der Waals surface area contributed by atoms with Gasteiger partial charge in [0.1, 0.15) is 12.4 Å². The van der Waals surface area contributed by atoms with Crippen molar-refractivity contribution in [3.8, 4) is 5.75 Å². The van der Waals surface area contributed by atoms with Crippen LogP contribution in [0.25, 0.3) is 0 Å². The number of nitrogens with one attached hydrogen (secondary N) is 1. The van der Waals surface area contributed by atoms with E-state index >= 15 is 0 Å². The Balaban J connectivity index is 2.76. The Kier molecular flexibility index (Phi) is 6.80. The fourth-order valence-corrected chi connectivity index (χ4v) is 1.86. The maximum Gasteiger partial charge on any atom is 0.125 e. The van der Waals surface area contributed by atoms with Gasteiger partial charge in [-0.3, -0.25) is 0 Å². The third-order valence-corrected chi connectivity index (χ3v) is 3.92. The van der Waals surface area contributed by atoms with Crippen LogP contribution in [0.4, 0.5) is 0 Å². The molecule has 0 aromatic heterocycles. The van der Waals surface area contributed by atoms with Gasteiger partial charge >= 0.3 is 0 Å². The highest BCUT2D eigenvalue weighted by Gasteiger charge is 2.26. The van der Waals surface area contributed by atoms with Crippen molar-refractivity contribution in [3.05, 3.63) is 28.8 Å². The molecule has 0 radical (unpaired) electrons. The van der Waals surface area contributed by atoms with Crippen LogP contribution in [0.1, 0.15) is 39.7 Å². The average Bonchev–Trinajstić information content (AvgIpc) is 2.39. The van der Waals surface area contributed by atoms with E-state index in [1.807, 2.05) is 32.0 Å². The highest BCUT2D eigenvalue weighted by Crippen LogP contribution is 2.28. The first-order valence-electron chi connectivity index (χ1n) is 7.21. The molecule has 114 valence electrons. The fraction of sp³-hybridized carbons (Fsp3) is 0.625. The van der Waals surface area contributed by atoms with Crippen molar-refractivity contribution in [2.24, 2.45) is 5.92 Å². The maximum absolute atomic E-state index is 10.3. The first kappa shape index (κ1) is 17.3. The zero-order valence-electron chi connectivity index (χ0n) is 12.9. The molecule has 3 nitrogen and oxygen atoms in total. The Morgan fingerprint density at radius 2 is 2.10 bits per heavy atom. The van der Waals surface area contributed by atoms with E-state index in [4.69, 9.17) is 16.3 Å². The van der Waals surface area contributed by atoms with Crippen molar-refractivity contribution >= 4 is 11.6 Å². The summed E-state index contributed by atoms with van der Waals surface area (Å²) in [5.41, 5.74) is 0.0957. The van der Waals surface area contributed by atoms with Crippen LogP contribution in [0.5, 0.6) is 5.75 Å². The molecule has 0 fully saturated rings. The van der Waals surface area contributed by atoms with Gasteiger partial charge in [-0.25, -0.2) is 0 Å². The van der Waals surface area contributed by atoms with E-state index in [2.05, 4.69) is 12.2 Å². The third-order valence-electron chi connectivity index (χ3n) is 3.57. The topological polar surface area (TPSA) is 41.5 Å². The average molecular weight is 300 g/mol. The van der Waals surface area contributed by atoms with Crippen LogP contribution in [-0.4, -0.2) is 23.9 Å². The van der Waals surface area contributed by atoms with E-state index < -0.39 is 5.60 Å². The summed E-state index contributed by atoms with van der Waals surface area (Å²) >= 11 is 6.24. The smallest absolute Gasteiger partial charge is 0.125 e. The van der Waals surface area contributed by atoms with E-state index in [1.165, 1.54) is 0 Å². The van der Waals surface area contributed by atoms with Gasteiger partial charge in [0.15, 0.2) is 0 Å². The largest absolute Gasteiger partial charge is 0.490 e. The van der Waals surface area contributed by atoms with Gasteiger partial charge in [-0.15, -0.1) is 0 Å². The molecule has 0 aliphatic carbocycles. The molecule has 0 bridgehead atoms. The molecule has 4 heteroatoms. The molecule has 20 heavy (non-hydrogen) atoms. The number of aliphatic hydroxyl groups is 1. The number of ether oxygens (including phenoxy) is 1. The summed E-state index contributed by atoms with van der Waals surface area (Å²) in [4.78, 5) is 0. The van der Waals surface area contributed by atoms with Crippen LogP contribution < -0.4 is 10.1 Å². The Hall–Kier alpha value is -0.770. The number of hydrogen-bond acceptors (Lipinski definition) is 3. The summed E-state index contributed by atoms with van der Waals surface area (Å²) in [6.07, 6.45) is 1.07. The first-order valence-corrected chi connectivity index (χ1v) is 7.59. The molecule has 1 rings (SSSR count). The lowest BCUT2D eigenvalue weighted by Crippen LogP contribution is -2.38. The highest BCUT2D eigenvalue weighted by molar-refractivity contribution is 6.31. The molecule has 1 aromatic carbocycles. The van der Waals surface area contributed by atoms with Crippen molar-refractivity contribution in [3.63, 3.8) is 0 Å². The van der Waals surface area contributed by atoms with Crippen LogP contribution in [0.3, 0.4) is 0 Å². The minimum Gasteiger partial charge on any atom is -0.490 e. The Morgan fingerprint density at radius 1 is 1.40 bits per heavy atom. The van der Waals surface area contributed by atoms with Crippen LogP contribution >= 0.6 is 11.6 Å². The molecule has 0 saturated heterocycles. The molecule has 1 aromatic rings. The predicted molar refractivity (Wildman–Crippen MR) is 84.4 cm³/mol. The van der Waals surface area contributed by atoms with Crippen LogP contribution in [-0.2, 0) is 6.54 Å². The number of hydrogen-bond donors (Lipinski definition) is 2. The molecule has 0 saturated carbocycles. The standard InChI is InChI=1S/C16H26ClNO2/c1-5-9-18-10-13-14(17)7-6-8-15(13)20-11-16(4,19)12(2)3/h6-8,12,18-19H,5,9-11H2,1-4H3. The van der Waals surface area contributed by atoms with Gasteiger partial charge in [0.2, 0.25) is 0 Å². The Bertz CT molecular complexity index is 419. The van der Waals surface area contributed by atoms with Crippen LogP contribution in [0, 0.1) is 5.92 Å². The molecule has 0 spiro atoms. The second kappa shape index (κ2) is 7.87. The second-order valence-electron chi connectivity index (χ2n) is 5.69. The van der Waals surface area contributed by atoms with E-state index in [1.54, 1.807) is 6.92 Å². The quantitative estimate of drug-likeness (QED) is 0.720. The van der Waals surface area contributed by atoms with Gasteiger partial charge in [-0.1, -0.05) is 38.4 Å². The Labute approximate surface area is 127 Å². The van der Waals surface area contributed by atoms with Gasteiger partial charge in [-0.05, 0) is 37.9 Å². The second-order valence-corrected chi connectivity index (χ2v) is 6.10. The minimum atomic E-state index is -0.851. The maximum atomic E-state index is 10.3. The SMILES string of the molecule is CCCNCc1c(Cl)cccc1OCC(C)(O)C(C)C. The molecular formula is C16H26ClNO2. The van der Waals surface area contributed by atoms with Crippen molar-refractivity contribution in [1.29, 1.82) is 0 Å². The van der Waals surface area contributed by atoms with Crippen molar-refractivity contribution in [2.45, 2.75) is 46.3 Å². The summed E-state index contributed by atoms with van der Waals surface area (Å²) < 4.78 is 5.80. The zero-order chi connectivity index (χ0) is 15.2. The fourth-order valence-electron chi connectivity index (χ4n) is 1.63. The minimum absolute atomic E-state index is 0.128. The molecule has 0 aliphatic heterocycles. The van der Waals surface area contributed by atoms with Crippen molar-refractivity contribution < 1.29 is 9.84 Å². The summed E-state index contributed by atoms with van der Waals surface area (Å²) in [7, 11) is 0. The monoisotopic (exact) mass is 299 g/mol. The summed E-state index contributed by atoms with van der Waals surface area (Å²) in [5, 5.41) is 14.3. The molecule has 0 amide bonds. The Morgan fingerprint density at radius 3 is 2.70 bits per heavy atom. The summed E-state index contributed by atoms with van der Waals surface area (Å²) in [6, 6.07) is 5.62. The van der Waals surface area contributed by atoms with Gasteiger partial charge in [0, 0.05) is 17.1 Å². The van der Waals surface area contributed by atoms with Gasteiger partial charge in [0.05, 0.1) is 5.60 Å². The van der Waals surface area contributed by atoms with Crippen molar-refractivity contribution in [2.75, 3.05) is 13.2 Å². The van der Waals surface area contributed by atoms with E-state index in [0.717, 1.165) is 24.3 Å². The molecule has 0 heterocycles. The molecule has 1 atom stereocenters. The molecule has 1 unspecified atom stereocenters. The zero-order valence-corrected chi connectivity index (χ0v) is 13.6. The van der Waals surface area contributed by atoms with Crippen molar-refractivity contribution in [1.82, 2.24) is 5.32 Å². The van der Waals surface area contributed by atoms with E-state index in [0.29, 0.717) is 11.6 Å². The lowest BCUT2D eigenvalue weighted by Gasteiger charge is -2.28.